The minimum atomic E-state index is -0.800. The Balaban J connectivity index is 1.54. The first-order valence-corrected chi connectivity index (χ1v) is 11.5. The highest BCUT2D eigenvalue weighted by Gasteiger charge is 2.51. The van der Waals surface area contributed by atoms with Crippen LogP contribution in [0, 0.1) is 6.92 Å². The molecule has 0 amide bonds. The number of hydrogen-bond donors (Lipinski definition) is 2. The lowest BCUT2D eigenvalue weighted by Crippen LogP contribution is -2.51. The molecule has 0 radical (unpaired) electrons. The van der Waals surface area contributed by atoms with Gasteiger partial charge in [0, 0.05) is 18.6 Å². The molecule has 31 heavy (non-hydrogen) atoms. The van der Waals surface area contributed by atoms with E-state index >= 15 is 0 Å². The van der Waals surface area contributed by atoms with Crippen LogP contribution in [0.15, 0.2) is 78.9 Å². The maximum absolute atomic E-state index is 11.8. The van der Waals surface area contributed by atoms with E-state index in [0.717, 1.165) is 36.8 Å². The van der Waals surface area contributed by atoms with Gasteiger partial charge in [0.25, 0.3) is 0 Å². The van der Waals surface area contributed by atoms with Gasteiger partial charge < -0.3 is 10.8 Å². The summed E-state index contributed by atoms with van der Waals surface area (Å²) in [7, 11) is 0. The molecule has 160 valence electrons. The molecule has 0 aliphatic carbocycles. The number of hydrogen-bond acceptors (Lipinski definition) is 3. The van der Waals surface area contributed by atoms with Crippen LogP contribution in [0.5, 0.6) is 0 Å². The number of aliphatic hydroxyl groups is 1. The summed E-state index contributed by atoms with van der Waals surface area (Å²) in [6, 6.07) is 28.7. The molecule has 2 fully saturated rings. The van der Waals surface area contributed by atoms with Gasteiger partial charge in [-0.1, -0.05) is 78.9 Å². The van der Waals surface area contributed by atoms with Crippen molar-refractivity contribution < 1.29 is 5.11 Å². The van der Waals surface area contributed by atoms with E-state index in [-0.39, 0.29) is 6.04 Å². The Hall–Kier alpha value is -2.46. The molecule has 5 rings (SSSR count). The predicted octanol–water partition coefficient (Wildman–Crippen LogP) is 5.06. The molecule has 3 heteroatoms. The van der Waals surface area contributed by atoms with Gasteiger partial charge in [0.15, 0.2) is 0 Å². The van der Waals surface area contributed by atoms with Crippen molar-refractivity contribution in [2.24, 2.45) is 5.73 Å². The molecule has 0 spiro atoms. The smallest absolute Gasteiger partial charge is 0.0929 e. The zero-order valence-corrected chi connectivity index (χ0v) is 18.2. The van der Waals surface area contributed by atoms with Crippen LogP contribution in [-0.4, -0.2) is 22.1 Å². The van der Waals surface area contributed by atoms with E-state index < -0.39 is 5.60 Å². The number of nitrogens with two attached hydrogens (primary N) is 1. The largest absolute Gasteiger partial charge is 0.385 e. The van der Waals surface area contributed by atoms with Crippen LogP contribution in [0.2, 0.25) is 0 Å². The van der Waals surface area contributed by atoms with Gasteiger partial charge in [0.1, 0.15) is 0 Å². The molecule has 2 aliphatic heterocycles. The molecule has 2 heterocycles. The van der Waals surface area contributed by atoms with Gasteiger partial charge in [-0.15, -0.1) is 0 Å². The van der Waals surface area contributed by atoms with Crippen molar-refractivity contribution in [2.75, 3.05) is 0 Å². The molecule has 3 unspecified atom stereocenters. The molecular formula is C28H32N2O. The average molecular weight is 413 g/mol. The zero-order chi connectivity index (χ0) is 21.4. The fourth-order valence-electron chi connectivity index (χ4n) is 6.09. The van der Waals surface area contributed by atoms with Crippen molar-refractivity contribution in [1.29, 1.82) is 0 Å². The van der Waals surface area contributed by atoms with Crippen molar-refractivity contribution in [3.63, 3.8) is 0 Å². The van der Waals surface area contributed by atoms with E-state index in [0.29, 0.717) is 18.6 Å². The molecule has 2 bridgehead atoms. The molecule has 3 nitrogen and oxygen atoms in total. The van der Waals surface area contributed by atoms with Gasteiger partial charge in [-0.2, -0.15) is 0 Å². The molecule has 3 atom stereocenters. The molecule has 2 aliphatic rings. The molecule has 0 saturated carbocycles. The van der Waals surface area contributed by atoms with E-state index in [1.165, 1.54) is 16.7 Å². The highest BCUT2D eigenvalue weighted by Crippen LogP contribution is 2.51. The quantitative estimate of drug-likeness (QED) is 0.616. The van der Waals surface area contributed by atoms with E-state index in [9.17, 15) is 5.11 Å². The van der Waals surface area contributed by atoms with Crippen molar-refractivity contribution in [3.8, 4) is 0 Å². The maximum atomic E-state index is 11.8. The van der Waals surface area contributed by atoms with Crippen LogP contribution < -0.4 is 5.73 Å². The second-order valence-corrected chi connectivity index (χ2v) is 9.30. The molecule has 2 saturated heterocycles. The summed E-state index contributed by atoms with van der Waals surface area (Å²) in [5.41, 5.74) is 11.4. The van der Waals surface area contributed by atoms with Crippen LogP contribution >= 0.6 is 0 Å². The number of aryl methyl sites for hydroxylation is 1. The molecule has 3 N–H and O–H groups in total. The first-order valence-electron chi connectivity index (χ1n) is 11.5. The van der Waals surface area contributed by atoms with Gasteiger partial charge >= 0.3 is 0 Å². The minimum absolute atomic E-state index is 0.217. The maximum Gasteiger partial charge on any atom is 0.0929 e. The Kier molecular flexibility index (Phi) is 5.43. The van der Waals surface area contributed by atoms with Crippen molar-refractivity contribution in [1.82, 2.24) is 4.90 Å². The summed E-state index contributed by atoms with van der Waals surface area (Å²) in [5, 5.41) is 11.8. The molecule has 0 aromatic heterocycles. The van der Waals surface area contributed by atoms with Crippen LogP contribution in [0.3, 0.4) is 0 Å². The van der Waals surface area contributed by atoms with Crippen LogP contribution in [0.4, 0.5) is 0 Å². The summed E-state index contributed by atoms with van der Waals surface area (Å²) in [4.78, 5) is 2.71. The third-order valence-electron chi connectivity index (χ3n) is 7.46. The number of nitrogens with zero attached hydrogens (tertiary/aromatic N) is 1. The van der Waals surface area contributed by atoms with Crippen molar-refractivity contribution in [2.45, 2.75) is 62.9 Å². The van der Waals surface area contributed by atoms with E-state index in [2.05, 4.69) is 78.6 Å². The fourth-order valence-corrected chi connectivity index (χ4v) is 6.09. The normalized spacial score (nSPS) is 26.7. The Morgan fingerprint density at radius 3 is 2.19 bits per heavy atom. The van der Waals surface area contributed by atoms with Crippen LogP contribution in [-0.2, 0) is 12.1 Å². The third kappa shape index (κ3) is 3.61. The summed E-state index contributed by atoms with van der Waals surface area (Å²) < 4.78 is 0. The zero-order valence-electron chi connectivity index (χ0n) is 18.2. The summed E-state index contributed by atoms with van der Waals surface area (Å²) in [5.74, 6) is 0. The van der Waals surface area contributed by atoms with Gasteiger partial charge in [0.05, 0.1) is 11.6 Å². The lowest BCUT2D eigenvalue weighted by molar-refractivity contribution is -0.0662. The van der Waals surface area contributed by atoms with E-state index in [1.54, 1.807) is 0 Å². The minimum Gasteiger partial charge on any atom is -0.385 e. The van der Waals surface area contributed by atoms with Gasteiger partial charge in [-0.3, -0.25) is 4.90 Å². The second-order valence-electron chi connectivity index (χ2n) is 9.30. The monoisotopic (exact) mass is 412 g/mol. The summed E-state index contributed by atoms with van der Waals surface area (Å²) in [6.07, 6.45) is 3.78. The number of benzene rings is 3. The molecular weight excluding hydrogens is 380 g/mol. The number of rotatable bonds is 5. The first kappa shape index (κ1) is 20.4. The predicted molar refractivity (Wildman–Crippen MR) is 126 cm³/mol. The van der Waals surface area contributed by atoms with Gasteiger partial charge in [0.2, 0.25) is 0 Å². The van der Waals surface area contributed by atoms with Crippen molar-refractivity contribution >= 4 is 0 Å². The standard InChI is InChI=1S/C28H32N2O/c1-20-9-5-7-13-25(20)27(21-10-3-2-4-11-21)30-23-15-16-24(30)18-28(31,17-23)26-14-8-6-12-22(26)19-29/h2-14,23-24,27,31H,15-19,29H2,1H3. The molecule has 3 aromatic carbocycles. The van der Waals surface area contributed by atoms with Crippen LogP contribution in [0.25, 0.3) is 0 Å². The Morgan fingerprint density at radius 2 is 1.52 bits per heavy atom. The van der Waals surface area contributed by atoms with E-state index in [1.807, 2.05) is 12.1 Å². The molecule has 3 aromatic rings. The van der Waals surface area contributed by atoms with Gasteiger partial charge in [-0.05, 0) is 60.4 Å². The fraction of sp³-hybridized carbons (Fsp3) is 0.357. The lowest BCUT2D eigenvalue weighted by Gasteiger charge is -2.48. The Bertz CT molecular complexity index is 1030. The SMILES string of the molecule is Cc1ccccc1C(c1ccccc1)N1C2CCC1CC(O)(c1ccccc1CN)C2. The number of piperidine rings is 1. The van der Waals surface area contributed by atoms with E-state index in [4.69, 9.17) is 5.73 Å². The summed E-state index contributed by atoms with van der Waals surface area (Å²) in [6.45, 7) is 2.68. The lowest BCUT2D eigenvalue weighted by atomic mass is 9.77. The highest BCUT2D eigenvalue weighted by molar-refractivity contribution is 5.39. The first-order chi connectivity index (χ1) is 15.1. The Morgan fingerprint density at radius 1 is 0.903 bits per heavy atom. The van der Waals surface area contributed by atoms with Gasteiger partial charge in [-0.25, -0.2) is 0 Å². The Labute approximate surface area is 185 Å². The topological polar surface area (TPSA) is 49.5 Å². The summed E-state index contributed by atoms with van der Waals surface area (Å²) >= 11 is 0. The average Bonchev–Trinajstić information content (AvgIpc) is 3.06. The highest BCUT2D eigenvalue weighted by atomic mass is 16.3. The van der Waals surface area contributed by atoms with Crippen molar-refractivity contribution in [3.05, 3.63) is 107 Å². The second kappa shape index (κ2) is 8.23. The number of fused-ring (bicyclic) bond motifs is 2. The third-order valence-corrected chi connectivity index (χ3v) is 7.46. The van der Waals surface area contributed by atoms with Crippen LogP contribution in [0.1, 0.15) is 59.5 Å².